The number of nitrogens with one attached hydrogen (secondary N) is 1. The van der Waals surface area contributed by atoms with E-state index in [4.69, 9.17) is 0 Å². The zero-order valence-corrected chi connectivity index (χ0v) is 9.33. The molecule has 0 bridgehead atoms. The van der Waals surface area contributed by atoms with E-state index in [1.54, 1.807) is 0 Å². The molecule has 1 aromatic heterocycles. The molecule has 0 unspecified atom stereocenters. The number of pyridine rings is 1. The topological polar surface area (TPSA) is 24.9 Å². The van der Waals surface area contributed by atoms with Crippen LogP contribution in [-0.2, 0) is 0 Å². The Balaban J connectivity index is 2.54. The average molecular weight is 192 g/mol. The third-order valence-corrected chi connectivity index (χ3v) is 2.68. The highest BCUT2D eigenvalue weighted by Gasteiger charge is 2.09. The maximum absolute atomic E-state index is 4.02. The Morgan fingerprint density at radius 1 is 1.21 bits per heavy atom. The molecule has 0 amide bonds. The summed E-state index contributed by atoms with van der Waals surface area (Å²) >= 11 is 0. The van der Waals surface area contributed by atoms with Crippen molar-refractivity contribution in [1.82, 2.24) is 10.3 Å². The van der Waals surface area contributed by atoms with E-state index in [-0.39, 0.29) is 0 Å². The molecule has 2 heteroatoms. The smallest absolute Gasteiger partial charge is 0.0295 e. The Kier molecular flexibility index (Phi) is 4.60. The van der Waals surface area contributed by atoms with Gasteiger partial charge in [-0.1, -0.05) is 13.8 Å². The zero-order chi connectivity index (χ0) is 10.4. The molecule has 1 rings (SSSR count). The minimum Gasteiger partial charge on any atom is -0.307 e. The first-order valence-corrected chi connectivity index (χ1v) is 5.43. The normalized spacial score (nSPS) is 13.1. The van der Waals surface area contributed by atoms with Gasteiger partial charge in [0.05, 0.1) is 0 Å². The first kappa shape index (κ1) is 11.2. The van der Waals surface area contributed by atoms with Crippen molar-refractivity contribution >= 4 is 0 Å². The molecule has 1 aromatic rings. The van der Waals surface area contributed by atoms with Crippen LogP contribution in [0.15, 0.2) is 24.5 Å². The van der Waals surface area contributed by atoms with E-state index in [1.165, 1.54) is 18.4 Å². The SMILES string of the molecule is CCC(CC)N[C@@H](C)c1ccncc1. The second-order valence-corrected chi connectivity index (χ2v) is 3.68. The Labute approximate surface area is 86.8 Å². The molecule has 0 aliphatic carbocycles. The lowest BCUT2D eigenvalue weighted by Crippen LogP contribution is -2.30. The van der Waals surface area contributed by atoms with Crippen molar-refractivity contribution in [1.29, 1.82) is 0 Å². The van der Waals surface area contributed by atoms with E-state index < -0.39 is 0 Å². The first-order chi connectivity index (χ1) is 6.77. The van der Waals surface area contributed by atoms with Crippen LogP contribution in [-0.4, -0.2) is 11.0 Å². The van der Waals surface area contributed by atoms with E-state index in [1.807, 2.05) is 12.4 Å². The molecular formula is C12H20N2. The molecular weight excluding hydrogens is 172 g/mol. The fourth-order valence-corrected chi connectivity index (χ4v) is 1.63. The van der Waals surface area contributed by atoms with Gasteiger partial charge in [0.25, 0.3) is 0 Å². The van der Waals surface area contributed by atoms with Gasteiger partial charge >= 0.3 is 0 Å². The standard InChI is InChI=1S/C12H20N2/c1-4-12(5-2)14-10(3)11-6-8-13-9-7-11/h6-10,12,14H,4-5H2,1-3H3/t10-/m0/s1. The van der Waals surface area contributed by atoms with E-state index in [2.05, 4.69) is 43.2 Å². The summed E-state index contributed by atoms with van der Waals surface area (Å²) in [5.74, 6) is 0. The van der Waals surface area contributed by atoms with Crippen LogP contribution in [0.25, 0.3) is 0 Å². The molecule has 1 N–H and O–H groups in total. The van der Waals surface area contributed by atoms with Crippen molar-refractivity contribution in [2.24, 2.45) is 0 Å². The van der Waals surface area contributed by atoms with Gasteiger partial charge in [-0.25, -0.2) is 0 Å². The van der Waals surface area contributed by atoms with Crippen LogP contribution in [0.5, 0.6) is 0 Å². The molecule has 0 aliphatic heterocycles. The average Bonchev–Trinajstić information content (AvgIpc) is 2.26. The van der Waals surface area contributed by atoms with Gasteiger partial charge < -0.3 is 5.32 Å². The first-order valence-electron chi connectivity index (χ1n) is 5.43. The lowest BCUT2D eigenvalue weighted by molar-refractivity contribution is 0.432. The van der Waals surface area contributed by atoms with E-state index in [0.29, 0.717) is 12.1 Å². The summed E-state index contributed by atoms with van der Waals surface area (Å²) in [5.41, 5.74) is 1.31. The number of nitrogens with zero attached hydrogens (tertiary/aromatic N) is 1. The zero-order valence-electron chi connectivity index (χ0n) is 9.33. The molecule has 0 saturated carbocycles. The Morgan fingerprint density at radius 3 is 2.29 bits per heavy atom. The summed E-state index contributed by atoms with van der Waals surface area (Å²) in [6.07, 6.45) is 6.07. The fraction of sp³-hybridized carbons (Fsp3) is 0.583. The summed E-state index contributed by atoms with van der Waals surface area (Å²) in [6, 6.07) is 5.18. The molecule has 0 spiro atoms. The molecule has 14 heavy (non-hydrogen) atoms. The maximum Gasteiger partial charge on any atom is 0.0295 e. The Hall–Kier alpha value is -0.890. The van der Waals surface area contributed by atoms with Crippen LogP contribution >= 0.6 is 0 Å². The predicted molar refractivity (Wildman–Crippen MR) is 60.2 cm³/mol. The lowest BCUT2D eigenvalue weighted by Gasteiger charge is -2.21. The minimum atomic E-state index is 0.419. The molecule has 78 valence electrons. The van der Waals surface area contributed by atoms with Crippen LogP contribution in [0.4, 0.5) is 0 Å². The lowest BCUT2D eigenvalue weighted by atomic mass is 10.1. The highest BCUT2D eigenvalue weighted by Crippen LogP contribution is 2.12. The Morgan fingerprint density at radius 2 is 1.79 bits per heavy atom. The number of aromatic nitrogens is 1. The fourth-order valence-electron chi connectivity index (χ4n) is 1.63. The monoisotopic (exact) mass is 192 g/mol. The predicted octanol–water partition coefficient (Wildman–Crippen LogP) is 2.92. The van der Waals surface area contributed by atoms with Crippen molar-refractivity contribution in [3.8, 4) is 0 Å². The second-order valence-electron chi connectivity index (χ2n) is 3.68. The highest BCUT2D eigenvalue weighted by molar-refractivity contribution is 5.14. The van der Waals surface area contributed by atoms with Crippen LogP contribution in [0, 0.1) is 0 Å². The van der Waals surface area contributed by atoms with Gasteiger partial charge in [-0.3, -0.25) is 4.98 Å². The van der Waals surface area contributed by atoms with Crippen LogP contribution < -0.4 is 5.32 Å². The number of hydrogen-bond acceptors (Lipinski definition) is 2. The van der Waals surface area contributed by atoms with Gasteiger partial charge in [0.2, 0.25) is 0 Å². The van der Waals surface area contributed by atoms with Crippen LogP contribution in [0.2, 0.25) is 0 Å². The van der Waals surface area contributed by atoms with Crippen molar-refractivity contribution in [2.75, 3.05) is 0 Å². The van der Waals surface area contributed by atoms with Crippen molar-refractivity contribution < 1.29 is 0 Å². The Bertz CT molecular complexity index is 242. The summed E-state index contributed by atoms with van der Waals surface area (Å²) in [5, 5.41) is 3.60. The quantitative estimate of drug-likeness (QED) is 0.776. The van der Waals surface area contributed by atoms with Gasteiger partial charge in [0.15, 0.2) is 0 Å². The van der Waals surface area contributed by atoms with Crippen molar-refractivity contribution in [3.05, 3.63) is 30.1 Å². The van der Waals surface area contributed by atoms with E-state index >= 15 is 0 Å². The van der Waals surface area contributed by atoms with Gasteiger partial charge in [-0.05, 0) is 37.5 Å². The molecule has 1 heterocycles. The van der Waals surface area contributed by atoms with E-state index in [9.17, 15) is 0 Å². The van der Waals surface area contributed by atoms with Crippen molar-refractivity contribution in [3.63, 3.8) is 0 Å². The third-order valence-electron chi connectivity index (χ3n) is 2.68. The van der Waals surface area contributed by atoms with Gasteiger partial charge in [0, 0.05) is 24.5 Å². The minimum absolute atomic E-state index is 0.419. The molecule has 2 nitrogen and oxygen atoms in total. The molecule has 0 radical (unpaired) electrons. The second kappa shape index (κ2) is 5.76. The largest absolute Gasteiger partial charge is 0.307 e. The molecule has 0 fully saturated rings. The van der Waals surface area contributed by atoms with Gasteiger partial charge in [-0.15, -0.1) is 0 Å². The maximum atomic E-state index is 4.02. The molecule has 0 aliphatic rings. The molecule has 0 aromatic carbocycles. The van der Waals surface area contributed by atoms with Crippen LogP contribution in [0.1, 0.15) is 45.2 Å². The van der Waals surface area contributed by atoms with E-state index in [0.717, 1.165) is 0 Å². The van der Waals surface area contributed by atoms with Gasteiger partial charge in [-0.2, -0.15) is 0 Å². The van der Waals surface area contributed by atoms with Gasteiger partial charge in [0.1, 0.15) is 0 Å². The van der Waals surface area contributed by atoms with Crippen LogP contribution in [0.3, 0.4) is 0 Å². The highest BCUT2D eigenvalue weighted by atomic mass is 14.9. The molecule has 0 saturated heterocycles. The van der Waals surface area contributed by atoms with Crippen molar-refractivity contribution in [2.45, 2.75) is 45.7 Å². The number of hydrogen-bond donors (Lipinski definition) is 1. The number of rotatable bonds is 5. The summed E-state index contributed by atoms with van der Waals surface area (Å²) in [6.45, 7) is 6.65. The third kappa shape index (κ3) is 3.11. The summed E-state index contributed by atoms with van der Waals surface area (Å²) in [4.78, 5) is 4.02. The summed E-state index contributed by atoms with van der Waals surface area (Å²) < 4.78 is 0. The summed E-state index contributed by atoms with van der Waals surface area (Å²) in [7, 11) is 0. The molecule has 1 atom stereocenters.